The molecule has 9 heteroatoms. The van der Waals surface area contributed by atoms with Gasteiger partial charge in [0.05, 0.1) is 47.2 Å². The van der Waals surface area contributed by atoms with E-state index in [9.17, 15) is 4.79 Å². The van der Waals surface area contributed by atoms with Crippen LogP contribution in [0.3, 0.4) is 0 Å². The topological polar surface area (TPSA) is 80.5 Å². The molecule has 0 aliphatic rings. The summed E-state index contributed by atoms with van der Waals surface area (Å²) in [6.07, 6.45) is 5.26. The highest BCUT2D eigenvalue weighted by molar-refractivity contribution is 6.45. The van der Waals surface area contributed by atoms with Gasteiger partial charge in [0.1, 0.15) is 5.82 Å². The highest BCUT2D eigenvalue weighted by Gasteiger charge is 2.18. The summed E-state index contributed by atoms with van der Waals surface area (Å²) in [6.45, 7) is 5.22. The van der Waals surface area contributed by atoms with E-state index in [1.54, 1.807) is 18.6 Å². The van der Waals surface area contributed by atoms with E-state index in [0.717, 1.165) is 16.9 Å². The normalized spacial score (nSPS) is 11.3. The van der Waals surface area contributed by atoms with Gasteiger partial charge >= 0.3 is 5.97 Å². The van der Waals surface area contributed by atoms with Gasteiger partial charge in [-0.1, -0.05) is 23.2 Å². The summed E-state index contributed by atoms with van der Waals surface area (Å²) in [5.74, 6) is -0.152. The molecule has 0 saturated carbocycles. The number of nitrogens with zero attached hydrogens (tertiary/aromatic N) is 4. The van der Waals surface area contributed by atoms with Crippen LogP contribution < -0.4 is 4.90 Å². The quantitative estimate of drug-likeness (QED) is 0.499. The first-order valence-corrected chi connectivity index (χ1v) is 9.97. The summed E-state index contributed by atoms with van der Waals surface area (Å²) in [7, 11) is 0. The lowest BCUT2D eigenvalue weighted by Crippen LogP contribution is -2.35. The van der Waals surface area contributed by atoms with Crippen molar-refractivity contribution < 1.29 is 14.6 Å². The Bertz CT molecular complexity index is 993. The second-order valence-corrected chi connectivity index (χ2v) is 7.56. The minimum absolute atomic E-state index is 0.0191. The number of halogens is 2. The molecule has 1 N–H and O–H groups in total. The van der Waals surface area contributed by atoms with Crippen LogP contribution in [-0.4, -0.2) is 51.4 Å². The molecular formula is C20H22Cl2N4O3. The zero-order chi connectivity index (χ0) is 21.0. The van der Waals surface area contributed by atoms with Gasteiger partial charge in [-0.3, -0.25) is 4.79 Å². The number of carbonyl (C=O) groups is 1. The van der Waals surface area contributed by atoms with E-state index in [-0.39, 0.29) is 19.1 Å². The third-order valence-electron chi connectivity index (χ3n) is 4.47. The number of hydrogen-bond donors (Lipinski definition) is 1. The summed E-state index contributed by atoms with van der Waals surface area (Å²) >= 11 is 12.7. The van der Waals surface area contributed by atoms with Crippen molar-refractivity contribution in [3.8, 4) is 5.69 Å². The van der Waals surface area contributed by atoms with E-state index in [4.69, 9.17) is 38.0 Å². The summed E-state index contributed by atoms with van der Waals surface area (Å²) in [5.41, 5.74) is 1.50. The predicted molar refractivity (Wildman–Crippen MR) is 114 cm³/mol. The second-order valence-electron chi connectivity index (χ2n) is 6.77. The van der Waals surface area contributed by atoms with Gasteiger partial charge in [-0.15, -0.1) is 0 Å². The van der Waals surface area contributed by atoms with Crippen molar-refractivity contribution in [1.29, 1.82) is 0 Å². The van der Waals surface area contributed by atoms with Crippen molar-refractivity contribution in [2.45, 2.75) is 26.3 Å². The zero-order valence-corrected chi connectivity index (χ0v) is 17.7. The Hall–Kier alpha value is -2.35. The minimum Gasteiger partial charge on any atom is -0.481 e. The van der Waals surface area contributed by atoms with E-state index in [2.05, 4.69) is 23.7 Å². The standard InChI is InChI=1S/C20H22Cl2N4O3/c1-13(2)26(8-10-29-9-5-18(27)28)17-11-16(25-7-6-23-12-25)14-3-4-15(21)19(22)20(14)24-17/h3-4,6-7,11-13H,5,8-10H2,1-2H3,(H,27,28). The van der Waals surface area contributed by atoms with Crippen molar-refractivity contribution in [2.75, 3.05) is 24.7 Å². The number of carboxylic acid groups (broad SMARTS) is 1. The highest BCUT2D eigenvalue weighted by atomic mass is 35.5. The van der Waals surface area contributed by atoms with Crippen molar-refractivity contribution >= 4 is 45.9 Å². The molecule has 0 atom stereocenters. The van der Waals surface area contributed by atoms with Crippen LogP contribution in [-0.2, 0) is 9.53 Å². The maximum absolute atomic E-state index is 10.6. The van der Waals surface area contributed by atoms with E-state index >= 15 is 0 Å². The Morgan fingerprint density at radius 1 is 1.31 bits per heavy atom. The number of hydrogen-bond acceptors (Lipinski definition) is 5. The lowest BCUT2D eigenvalue weighted by Gasteiger charge is -2.29. The molecule has 0 spiro atoms. The molecule has 0 radical (unpaired) electrons. The minimum atomic E-state index is -0.876. The summed E-state index contributed by atoms with van der Waals surface area (Å²) < 4.78 is 7.37. The monoisotopic (exact) mass is 436 g/mol. The van der Waals surface area contributed by atoms with Gasteiger partial charge in [0.25, 0.3) is 0 Å². The molecule has 0 fully saturated rings. The first-order valence-electron chi connectivity index (χ1n) is 9.21. The number of carboxylic acids is 1. The smallest absolute Gasteiger partial charge is 0.305 e. The van der Waals surface area contributed by atoms with Crippen molar-refractivity contribution in [3.05, 3.63) is 47.0 Å². The lowest BCUT2D eigenvalue weighted by atomic mass is 10.1. The van der Waals surface area contributed by atoms with Gasteiger partial charge in [0.2, 0.25) is 0 Å². The molecule has 0 bridgehead atoms. The third kappa shape index (κ3) is 4.98. The zero-order valence-electron chi connectivity index (χ0n) is 16.2. The molecular weight excluding hydrogens is 415 g/mol. The summed E-state index contributed by atoms with van der Waals surface area (Å²) in [6, 6.07) is 5.76. The third-order valence-corrected chi connectivity index (χ3v) is 5.27. The maximum Gasteiger partial charge on any atom is 0.305 e. The lowest BCUT2D eigenvalue weighted by molar-refractivity contribution is -0.138. The van der Waals surface area contributed by atoms with Crippen LogP contribution in [0.1, 0.15) is 20.3 Å². The number of rotatable bonds is 9. The summed E-state index contributed by atoms with van der Waals surface area (Å²) in [4.78, 5) is 21.6. The Labute approximate surface area is 178 Å². The highest BCUT2D eigenvalue weighted by Crippen LogP contribution is 2.35. The van der Waals surface area contributed by atoms with Crippen LogP contribution in [0.5, 0.6) is 0 Å². The van der Waals surface area contributed by atoms with Crippen LogP contribution >= 0.6 is 23.2 Å². The van der Waals surface area contributed by atoms with Crippen LogP contribution in [0.15, 0.2) is 36.9 Å². The van der Waals surface area contributed by atoms with Crippen molar-refractivity contribution in [2.24, 2.45) is 0 Å². The van der Waals surface area contributed by atoms with Crippen LogP contribution in [0, 0.1) is 0 Å². The Balaban J connectivity index is 1.98. The molecule has 0 aliphatic carbocycles. The number of fused-ring (bicyclic) bond motifs is 1. The number of aliphatic carboxylic acids is 1. The van der Waals surface area contributed by atoms with Gasteiger partial charge in [0, 0.05) is 36.4 Å². The average Bonchev–Trinajstić information content (AvgIpc) is 3.21. The summed E-state index contributed by atoms with van der Waals surface area (Å²) in [5, 5.41) is 10.4. The first kappa shape index (κ1) is 21.4. The van der Waals surface area contributed by atoms with E-state index in [1.165, 1.54) is 0 Å². The molecule has 29 heavy (non-hydrogen) atoms. The van der Waals surface area contributed by atoms with E-state index in [1.807, 2.05) is 22.9 Å². The number of benzene rings is 1. The molecule has 0 aliphatic heterocycles. The number of anilines is 1. The van der Waals surface area contributed by atoms with E-state index in [0.29, 0.717) is 28.7 Å². The molecule has 3 aromatic rings. The van der Waals surface area contributed by atoms with Crippen molar-refractivity contribution in [3.63, 3.8) is 0 Å². The molecule has 2 heterocycles. The number of pyridine rings is 1. The predicted octanol–water partition coefficient (Wildman–Crippen LogP) is 4.43. The molecule has 0 unspecified atom stereocenters. The molecule has 0 amide bonds. The molecule has 154 valence electrons. The molecule has 2 aromatic heterocycles. The van der Waals surface area contributed by atoms with Gasteiger partial charge < -0.3 is 19.3 Å². The molecule has 0 saturated heterocycles. The van der Waals surface area contributed by atoms with Crippen molar-refractivity contribution in [1.82, 2.24) is 14.5 Å². The second kappa shape index (κ2) is 9.43. The fraction of sp³-hybridized carbons (Fsp3) is 0.350. The van der Waals surface area contributed by atoms with Crippen LogP contribution in [0.2, 0.25) is 10.0 Å². The van der Waals surface area contributed by atoms with Gasteiger partial charge in [0.15, 0.2) is 0 Å². The van der Waals surface area contributed by atoms with Gasteiger partial charge in [-0.25, -0.2) is 9.97 Å². The maximum atomic E-state index is 10.6. The molecule has 7 nitrogen and oxygen atoms in total. The number of imidazole rings is 1. The van der Waals surface area contributed by atoms with E-state index < -0.39 is 5.97 Å². The Kier molecular flexibility index (Phi) is 6.95. The molecule has 3 rings (SSSR count). The average molecular weight is 437 g/mol. The Morgan fingerprint density at radius 2 is 2.10 bits per heavy atom. The first-order chi connectivity index (χ1) is 13.9. The number of aromatic nitrogens is 3. The van der Waals surface area contributed by atoms with Crippen LogP contribution in [0.4, 0.5) is 5.82 Å². The van der Waals surface area contributed by atoms with Gasteiger partial charge in [-0.2, -0.15) is 0 Å². The van der Waals surface area contributed by atoms with Crippen LogP contribution in [0.25, 0.3) is 16.6 Å². The largest absolute Gasteiger partial charge is 0.481 e. The number of ether oxygens (including phenoxy) is 1. The molecule has 1 aromatic carbocycles. The Morgan fingerprint density at radius 3 is 2.76 bits per heavy atom. The van der Waals surface area contributed by atoms with Gasteiger partial charge in [-0.05, 0) is 26.0 Å². The fourth-order valence-electron chi connectivity index (χ4n) is 3.03. The fourth-order valence-corrected chi connectivity index (χ4v) is 3.39. The SMILES string of the molecule is CC(C)N(CCOCCC(=O)O)c1cc(-n2ccnc2)c2ccc(Cl)c(Cl)c2n1.